The van der Waals surface area contributed by atoms with Crippen molar-refractivity contribution < 1.29 is 0 Å². The number of halogens is 2. The van der Waals surface area contributed by atoms with Gasteiger partial charge in [-0.05, 0) is 12.5 Å². The maximum Gasteiger partial charge on any atom is 0.0292 e. The smallest absolute Gasteiger partial charge is 0.0292 e. The number of rotatable bonds is 4. The van der Waals surface area contributed by atoms with Crippen LogP contribution < -0.4 is 5.32 Å². The predicted molar refractivity (Wildman–Crippen MR) is 67.0 cm³/mol. The minimum atomic E-state index is 0. The Morgan fingerprint density at radius 2 is 1.92 bits per heavy atom. The van der Waals surface area contributed by atoms with Gasteiger partial charge in [0.1, 0.15) is 0 Å². The van der Waals surface area contributed by atoms with E-state index in [0.717, 1.165) is 11.9 Å². The molecule has 0 heterocycles. The van der Waals surface area contributed by atoms with E-state index < -0.39 is 0 Å². The highest BCUT2D eigenvalue weighted by atomic mass is 79.9. The zero-order valence-corrected chi connectivity index (χ0v) is 11.0. The lowest BCUT2D eigenvalue weighted by Crippen LogP contribution is -2.20. The Labute approximate surface area is 98.8 Å². The molecule has 1 N–H and O–H groups in total. The summed E-state index contributed by atoms with van der Waals surface area (Å²) in [7, 11) is 0. The summed E-state index contributed by atoms with van der Waals surface area (Å²) in [6, 6.07) is 10.9. The van der Waals surface area contributed by atoms with E-state index in [1.165, 1.54) is 5.56 Å². The average molecular weight is 309 g/mol. The van der Waals surface area contributed by atoms with Crippen LogP contribution >= 0.6 is 32.9 Å². The topological polar surface area (TPSA) is 12.0 Å². The molecule has 0 saturated carbocycles. The molecular weight excluding hydrogens is 294 g/mol. The second-order valence-electron chi connectivity index (χ2n) is 2.78. The molecule has 1 unspecified atom stereocenters. The molecule has 13 heavy (non-hydrogen) atoms. The van der Waals surface area contributed by atoms with Gasteiger partial charge in [0.25, 0.3) is 0 Å². The van der Waals surface area contributed by atoms with Crippen LogP contribution in [0, 0.1) is 0 Å². The van der Waals surface area contributed by atoms with Gasteiger partial charge in [-0.25, -0.2) is 0 Å². The van der Waals surface area contributed by atoms with Crippen LogP contribution in [0.4, 0.5) is 0 Å². The van der Waals surface area contributed by atoms with E-state index in [4.69, 9.17) is 0 Å². The van der Waals surface area contributed by atoms with Gasteiger partial charge in [0.2, 0.25) is 0 Å². The molecule has 0 aliphatic carbocycles. The quantitative estimate of drug-likeness (QED) is 0.842. The van der Waals surface area contributed by atoms with Crippen molar-refractivity contribution in [1.29, 1.82) is 0 Å². The number of hydrogen-bond acceptors (Lipinski definition) is 1. The van der Waals surface area contributed by atoms with Gasteiger partial charge >= 0.3 is 0 Å². The molecule has 74 valence electrons. The summed E-state index contributed by atoms with van der Waals surface area (Å²) in [4.78, 5) is 0. The van der Waals surface area contributed by atoms with E-state index >= 15 is 0 Å². The Hall–Kier alpha value is 0.140. The summed E-state index contributed by atoms with van der Waals surface area (Å²) < 4.78 is 0. The molecule has 1 aromatic rings. The normalized spacial score (nSPS) is 11.8. The van der Waals surface area contributed by atoms with E-state index in [-0.39, 0.29) is 17.0 Å². The van der Waals surface area contributed by atoms with Crippen LogP contribution in [0.1, 0.15) is 18.5 Å². The van der Waals surface area contributed by atoms with Gasteiger partial charge in [-0.3, -0.25) is 0 Å². The Bertz CT molecular complexity index is 213. The molecule has 0 saturated heterocycles. The molecule has 1 rings (SSSR count). The maximum atomic E-state index is 3.40. The Morgan fingerprint density at radius 1 is 1.31 bits per heavy atom. The fourth-order valence-corrected chi connectivity index (χ4v) is 1.36. The summed E-state index contributed by atoms with van der Waals surface area (Å²) in [6.07, 6.45) is 0. The fraction of sp³-hybridized carbons (Fsp3) is 0.400. The zero-order valence-electron chi connectivity index (χ0n) is 7.66. The van der Waals surface area contributed by atoms with Crippen molar-refractivity contribution in [3.05, 3.63) is 35.9 Å². The lowest BCUT2D eigenvalue weighted by atomic mass is 10.1. The first-order valence-corrected chi connectivity index (χ1v) is 5.31. The van der Waals surface area contributed by atoms with Crippen LogP contribution in [0.2, 0.25) is 0 Å². The summed E-state index contributed by atoms with van der Waals surface area (Å²) in [6.45, 7) is 3.19. The van der Waals surface area contributed by atoms with Gasteiger partial charge in [0, 0.05) is 17.9 Å². The second-order valence-corrected chi connectivity index (χ2v) is 3.57. The highest BCUT2D eigenvalue weighted by Gasteiger charge is 2.01. The van der Waals surface area contributed by atoms with Crippen LogP contribution in [0.15, 0.2) is 30.3 Å². The van der Waals surface area contributed by atoms with Crippen molar-refractivity contribution in [2.45, 2.75) is 13.0 Å². The van der Waals surface area contributed by atoms with Gasteiger partial charge in [-0.15, -0.1) is 17.0 Å². The van der Waals surface area contributed by atoms with E-state index in [9.17, 15) is 0 Å². The van der Waals surface area contributed by atoms with Crippen molar-refractivity contribution in [3.63, 3.8) is 0 Å². The lowest BCUT2D eigenvalue weighted by Gasteiger charge is -2.12. The summed E-state index contributed by atoms with van der Waals surface area (Å²) in [5, 5.41) is 4.41. The first-order valence-electron chi connectivity index (χ1n) is 4.19. The zero-order chi connectivity index (χ0) is 8.81. The third kappa shape index (κ3) is 4.79. The van der Waals surface area contributed by atoms with E-state index in [1.807, 2.05) is 6.07 Å². The largest absolute Gasteiger partial charge is 0.309 e. The molecule has 3 heteroatoms. The first-order chi connectivity index (χ1) is 5.84. The van der Waals surface area contributed by atoms with Crippen molar-refractivity contribution in [2.24, 2.45) is 0 Å². The van der Waals surface area contributed by atoms with E-state index in [1.54, 1.807) is 0 Å². The summed E-state index contributed by atoms with van der Waals surface area (Å²) in [5.74, 6) is 0. The van der Waals surface area contributed by atoms with Crippen LogP contribution in [-0.4, -0.2) is 11.9 Å². The summed E-state index contributed by atoms with van der Waals surface area (Å²) >= 11 is 3.39. The number of nitrogens with one attached hydrogen (secondary N) is 1. The molecule has 0 spiro atoms. The van der Waals surface area contributed by atoms with Crippen LogP contribution in [-0.2, 0) is 0 Å². The molecule has 0 aliphatic rings. The highest BCUT2D eigenvalue weighted by molar-refractivity contribution is 9.09. The predicted octanol–water partition coefficient (Wildman–Crippen LogP) is 3.31. The second kappa shape index (κ2) is 7.54. The van der Waals surface area contributed by atoms with Gasteiger partial charge in [0.05, 0.1) is 0 Å². The minimum absolute atomic E-state index is 0. The SMILES string of the molecule is Br.CC(NCCBr)c1ccccc1. The molecule has 0 amide bonds. The van der Waals surface area contributed by atoms with Crippen molar-refractivity contribution in [2.75, 3.05) is 11.9 Å². The maximum absolute atomic E-state index is 3.40. The standard InChI is InChI=1S/C10H14BrN.BrH/c1-9(12-8-7-11)10-5-3-2-4-6-10;/h2-6,9,12H,7-8H2,1H3;1H. The lowest BCUT2D eigenvalue weighted by molar-refractivity contribution is 0.602. The highest BCUT2D eigenvalue weighted by Crippen LogP contribution is 2.10. The third-order valence-electron chi connectivity index (χ3n) is 1.84. The Morgan fingerprint density at radius 3 is 2.46 bits per heavy atom. The Balaban J connectivity index is 0.00000144. The molecule has 1 atom stereocenters. The molecule has 0 fully saturated rings. The molecule has 0 bridgehead atoms. The van der Waals surface area contributed by atoms with Gasteiger partial charge in [0.15, 0.2) is 0 Å². The van der Waals surface area contributed by atoms with Gasteiger partial charge in [-0.1, -0.05) is 46.3 Å². The average Bonchev–Trinajstić information content (AvgIpc) is 2.15. The van der Waals surface area contributed by atoms with Crippen LogP contribution in [0.5, 0.6) is 0 Å². The van der Waals surface area contributed by atoms with Crippen LogP contribution in [0.25, 0.3) is 0 Å². The molecule has 1 nitrogen and oxygen atoms in total. The van der Waals surface area contributed by atoms with E-state index in [2.05, 4.69) is 52.4 Å². The number of benzene rings is 1. The van der Waals surface area contributed by atoms with Crippen molar-refractivity contribution in [3.8, 4) is 0 Å². The fourth-order valence-electron chi connectivity index (χ4n) is 1.13. The number of hydrogen-bond donors (Lipinski definition) is 1. The Kier molecular flexibility index (Phi) is 7.62. The first kappa shape index (κ1) is 13.1. The molecule has 0 aliphatic heterocycles. The molecule has 0 aromatic heterocycles. The third-order valence-corrected chi connectivity index (χ3v) is 2.24. The van der Waals surface area contributed by atoms with Gasteiger partial charge in [-0.2, -0.15) is 0 Å². The number of alkyl halides is 1. The van der Waals surface area contributed by atoms with Crippen molar-refractivity contribution >= 4 is 32.9 Å². The van der Waals surface area contributed by atoms with Crippen LogP contribution in [0.3, 0.4) is 0 Å². The van der Waals surface area contributed by atoms with Crippen molar-refractivity contribution in [1.82, 2.24) is 5.32 Å². The summed E-state index contributed by atoms with van der Waals surface area (Å²) in [5.41, 5.74) is 1.35. The monoisotopic (exact) mass is 307 g/mol. The molecule has 0 radical (unpaired) electrons. The molecular formula is C10H15Br2N. The van der Waals surface area contributed by atoms with Gasteiger partial charge < -0.3 is 5.32 Å². The molecule has 1 aromatic carbocycles. The van der Waals surface area contributed by atoms with E-state index in [0.29, 0.717) is 6.04 Å². The minimum Gasteiger partial charge on any atom is -0.309 e.